The summed E-state index contributed by atoms with van der Waals surface area (Å²) in [6.45, 7) is 0. The number of nitrogens with zero attached hydrogens (tertiary/aromatic N) is 6. The van der Waals surface area contributed by atoms with Gasteiger partial charge in [-0.1, -0.05) is 328 Å². The zero-order chi connectivity index (χ0) is 82.0. The van der Waals surface area contributed by atoms with Crippen molar-refractivity contribution < 1.29 is 4.42 Å². The summed E-state index contributed by atoms with van der Waals surface area (Å²) >= 11 is 1.86. The minimum atomic E-state index is 0.880. The smallest absolute Gasteiger partial charge is 0.136 e. The Kier molecular flexibility index (Phi) is 18.3. The maximum absolute atomic E-state index is 6.45. The lowest BCUT2D eigenvalue weighted by atomic mass is 9.95. The van der Waals surface area contributed by atoms with Crippen LogP contribution in [0.3, 0.4) is 0 Å². The Balaban J connectivity index is 0.000000143. The second kappa shape index (κ2) is 31.1. The molecule has 0 atom stereocenters. The molecule has 0 radical (unpaired) electrons. The number of hydrogen-bond acceptors (Lipinski definition) is 6. The van der Waals surface area contributed by atoms with Gasteiger partial charge in [-0.05, 0) is 160 Å². The van der Waals surface area contributed by atoms with Crippen molar-refractivity contribution in [1.82, 2.24) is 29.1 Å². The molecule has 0 aliphatic rings. The van der Waals surface area contributed by atoms with E-state index in [2.05, 4.69) is 446 Å². The van der Waals surface area contributed by atoms with Crippen LogP contribution in [0.4, 0.5) is 0 Å². The molecule has 0 aliphatic carbocycles. The summed E-state index contributed by atoms with van der Waals surface area (Å²) in [5, 5.41) is 9.68. The molecule has 8 heteroatoms. The third-order valence-corrected chi connectivity index (χ3v) is 25.1. The maximum Gasteiger partial charge on any atom is 0.136 e. The summed E-state index contributed by atoms with van der Waals surface area (Å²) in [7, 11) is 0. The predicted octanol–water partition coefficient (Wildman–Crippen LogP) is 31.4. The Labute approximate surface area is 720 Å². The molecule has 580 valence electrons. The Bertz CT molecular complexity index is 7480. The van der Waals surface area contributed by atoms with Gasteiger partial charge in [-0.25, -0.2) is 19.9 Å². The van der Waals surface area contributed by atoms with Crippen LogP contribution in [0.1, 0.15) is 0 Å². The molecule has 124 heavy (non-hydrogen) atoms. The molecule has 0 bridgehead atoms. The van der Waals surface area contributed by atoms with Crippen LogP contribution < -0.4 is 0 Å². The lowest BCUT2D eigenvalue weighted by Gasteiger charge is -2.18. The highest BCUT2D eigenvalue weighted by Crippen LogP contribution is 2.49. The monoisotopic (exact) mass is 1600 g/mol. The molecular formula is C116H74N6OS. The summed E-state index contributed by atoms with van der Waals surface area (Å²) in [5.41, 5.74) is 32.9. The van der Waals surface area contributed by atoms with Crippen molar-refractivity contribution in [3.8, 4) is 146 Å². The second-order valence-corrected chi connectivity index (χ2v) is 32.5. The molecule has 8 heterocycles. The average molecular weight is 1600 g/mol. The molecular weight excluding hydrogens is 1530 g/mol. The summed E-state index contributed by atoms with van der Waals surface area (Å²) in [6, 6.07) is 159. The first-order chi connectivity index (χ1) is 61.5. The third-order valence-electron chi connectivity index (χ3n) is 24.0. The highest BCUT2D eigenvalue weighted by Gasteiger charge is 2.26. The first kappa shape index (κ1) is 72.9. The fraction of sp³-hybridized carbons (Fsp3) is 0. The third kappa shape index (κ3) is 13.3. The molecule has 0 unspecified atom stereocenters. The summed E-state index contributed by atoms with van der Waals surface area (Å²) in [6.07, 6.45) is 0. The van der Waals surface area contributed by atoms with Gasteiger partial charge in [0.15, 0.2) is 0 Å². The van der Waals surface area contributed by atoms with Crippen molar-refractivity contribution >= 4 is 97.1 Å². The van der Waals surface area contributed by atoms with Crippen LogP contribution in [0.15, 0.2) is 453 Å². The van der Waals surface area contributed by atoms with E-state index < -0.39 is 0 Å². The highest BCUT2D eigenvalue weighted by atomic mass is 32.1. The number of fused-ring (bicyclic) bond motifs is 14. The van der Waals surface area contributed by atoms with Crippen molar-refractivity contribution in [3.63, 3.8) is 0 Å². The van der Waals surface area contributed by atoms with Crippen LogP contribution in [0, 0.1) is 0 Å². The molecule has 8 aromatic heterocycles. The number of para-hydroxylation sites is 3. The lowest BCUT2D eigenvalue weighted by Crippen LogP contribution is -2.00. The molecule has 0 aliphatic heterocycles. The van der Waals surface area contributed by atoms with Gasteiger partial charge in [0.1, 0.15) is 11.2 Å². The zero-order valence-corrected chi connectivity index (χ0v) is 68.0. The minimum absolute atomic E-state index is 0.880. The largest absolute Gasteiger partial charge is 0.456 e. The number of rotatable bonds is 14. The second-order valence-electron chi connectivity index (χ2n) is 31.5. The summed E-state index contributed by atoms with van der Waals surface area (Å²) < 4.78 is 13.9. The Hall–Kier alpha value is -16.3. The zero-order valence-electron chi connectivity index (χ0n) is 67.2. The molecule has 7 nitrogen and oxygen atoms in total. The quantitative estimate of drug-likeness (QED) is 0.108. The van der Waals surface area contributed by atoms with Crippen molar-refractivity contribution in [1.29, 1.82) is 0 Å². The van der Waals surface area contributed by atoms with Gasteiger partial charge in [-0.2, -0.15) is 0 Å². The number of benzene rings is 16. The van der Waals surface area contributed by atoms with Crippen LogP contribution >= 0.6 is 11.3 Å². The van der Waals surface area contributed by atoms with E-state index in [4.69, 9.17) is 24.4 Å². The number of aromatic nitrogens is 6. The number of pyridine rings is 4. The topological polar surface area (TPSA) is 74.6 Å². The van der Waals surface area contributed by atoms with Crippen molar-refractivity contribution in [3.05, 3.63) is 449 Å². The van der Waals surface area contributed by atoms with Gasteiger partial charge < -0.3 is 13.6 Å². The standard InChI is InChI=1S/C58H37N3O.C58H37N3S/c1-5-17-38(18-6-1)43-34-48(39-19-7-2-8-20-39)60-51(35-43)42-29-30-53(47(33-42)44-36-49(40-21-9-3-10-22-40)59-50(37-44)41-23-11-4-12-24-41)61-52-27-15-13-25-45(52)57-54(61)31-32-56-58(57)46-26-14-16-28-55(46)62-56;1-5-17-38(18-6-1)43-34-48(40-21-9-3-10-22-40)59-50(36-43)42-29-30-53(47(33-42)51-37-44(39-19-7-2-8-20-39)35-49(60-51)41-23-11-4-12-24-41)61-52-27-15-13-25-45(52)57-54(61)31-32-56-58(57)46-26-14-16-28-55(46)62-56/h2*1-37H. The first-order valence-electron chi connectivity index (χ1n) is 42.0. The van der Waals surface area contributed by atoms with Gasteiger partial charge in [-0.15, -0.1) is 11.3 Å². The van der Waals surface area contributed by atoms with Crippen LogP contribution in [-0.4, -0.2) is 29.1 Å². The van der Waals surface area contributed by atoms with E-state index in [1.54, 1.807) is 0 Å². The Morgan fingerprint density at radius 1 is 0.177 bits per heavy atom. The summed E-state index contributed by atoms with van der Waals surface area (Å²) in [4.78, 5) is 21.6. The van der Waals surface area contributed by atoms with Gasteiger partial charge in [-0.3, -0.25) is 0 Å². The normalized spacial score (nSPS) is 11.5. The van der Waals surface area contributed by atoms with Crippen LogP contribution in [0.2, 0.25) is 0 Å². The molecule has 24 aromatic rings. The molecule has 0 saturated carbocycles. The molecule has 24 rings (SSSR count). The molecule has 0 saturated heterocycles. The van der Waals surface area contributed by atoms with E-state index in [0.29, 0.717) is 0 Å². The van der Waals surface area contributed by atoms with Crippen LogP contribution in [0.5, 0.6) is 0 Å². The fourth-order valence-electron chi connectivity index (χ4n) is 18.2. The average Bonchev–Trinajstić information content (AvgIpc) is 1.55. The maximum atomic E-state index is 6.45. The van der Waals surface area contributed by atoms with Gasteiger partial charge in [0.25, 0.3) is 0 Å². The molecule has 0 amide bonds. The number of thiophene rings is 1. The van der Waals surface area contributed by atoms with Gasteiger partial charge in [0.2, 0.25) is 0 Å². The molecule has 0 fully saturated rings. The van der Waals surface area contributed by atoms with E-state index in [-0.39, 0.29) is 0 Å². The van der Waals surface area contributed by atoms with E-state index in [1.807, 2.05) is 23.5 Å². The van der Waals surface area contributed by atoms with E-state index >= 15 is 0 Å². The van der Waals surface area contributed by atoms with Crippen molar-refractivity contribution in [2.45, 2.75) is 0 Å². The fourth-order valence-corrected chi connectivity index (χ4v) is 19.3. The predicted molar refractivity (Wildman–Crippen MR) is 518 cm³/mol. The van der Waals surface area contributed by atoms with Gasteiger partial charge in [0.05, 0.1) is 79.0 Å². The highest BCUT2D eigenvalue weighted by molar-refractivity contribution is 7.26. The SMILES string of the molecule is c1ccc(-c2cc(-c3ccccc3)nc(-c3ccc(-n4c5ccccc5c5c6c(ccc54)oc4ccccc46)c(-c4cc(-c5ccccc5)nc(-c5ccccc5)c4)c3)c2)cc1.c1ccc(-c2cc(-c3ccccc3)nc(-c3ccc(-n4c5ccccc5c5c6c(ccc54)sc4ccccc46)c(-c4cc(-c5ccccc5)cc(-c5ccccc5)n4)c3)c2)cc1. The molecule has 0 spiro atoms. The van der Waals surface area contributed by atoms with Crippen LogP contribution in [-0.2, 0) is 0 Å². The summed E-state index contributed by atoms with van der Waals surface area (Å²) in [5.74, 6) is 0. The molecule has 0 N–H and O–H groups in total. The minimum Gasteiger partial charge on any atom is -0.456 e. The van der Waals surface area contributed by atoms with Gasteiger partial charge in [0, 0.05) is 103 Å². The van der Waals surface area contributed by atoms with Crippen molar-refractivity contribution in [2.75, 3.05) is 0 Å². The van der Waals surface area contributed by atoms with E-state index in [1.165, 1.54) is 41.7 Å². The Morgan fingerprint density at radius 3 is 0.944 bits per heavy atom. The number of furan rings is 1. The Morgan fingerprint density at radius 2 is 0.500 bits per heavy atom. The van der Waals surface area contributed by atoms with E-state index in [9.17, 15) is 0 Å². The van der Waals surface area contributed by atoms with Crippen molar-refractivity contribution in [2.24, 2.45) is 0 Å². The number of hydrogen-bond donors (Lipinski definition) is 0. The first-order valence-corrected chi connectivity index (χ1v) is 42.8. The van der Waals surface area contributed by atoms with E-state index in [0.717, 1.165) is 190 Å². The molecule has 16 aromatic carbocycles. The van der Waals surface area contributed by atoms with Crippen LogP contribution in [0.25, 0.3) is 232 Å². The lowest BCUT2D eigenvalue weighted by molar-refractivity contribution is 0.669. The van der Waals surface area contributed by atoms with Gasteiger partial charge >= 0.3 is 0 Å².